The minimum absolute atomic E-state index is 0.0322. The lowest BCUT2D eigenvalue weighted by Crippen LogP contribution is -2.10. The van der Waals surface area contributed by atoms with Gasteiger partial charge in [-0.3, -0.25) is 9.59 Å². The van der Waals surface area contributed by atoms with Gasteiger partial charge >= 0.3 is 0 Å². The first-order chi connectivity index (χ1) is 9.10. The summed E-state index contributed by atoms with van der Waals surface area (Å²) < 4.78 is 0.563. The molecule has 1 aromatic heterocycles. The number of amides is 1. The number of nitrogens with one attached hydrogen (secondary N) is 1. The highest BCUT2D eigenvalue weighted by atomic mass is 79.9. The monoisotopic (exact) mass is 357 g/mol. The molecule has 0 radical (unpaired) electrons. The molecule has 1 aromatic carbocycles. The summed E-state index contributed by atoms with van der Waals surface area (Å²) in [6, 6.07) is 10.2. The molecule has 98 valence electrons. The van der Waals surface area contributed by atoms with Gasteiger partial charge in [0.05, 0.1) is 14.5 Å². The minimum Gasteiger partial charge on any atom is -0.321 e. The Balaban J connectivity index is 2.15. The summed E-state index contributed by atoms with van der Waals surface area (Å²) in [6.07, 6.45) is 0. The highest BCUT2D eigenvalue weighted by Crippen LogP contribution is 2.22. The predicted octanol–water partition coefficient (Wildman–Crippen LogP) is 4.23. The van der Waals surface area contributed by atoms with Gasteiger partial charge in [0.1, 0.15) is 0 Å². The number of benzene rings is 1. The van der Waals surface area contributed by atoms with Gasteiger partial charge in [0, 0.05) is 11.3 Å². The maximum absolute atomic E-state index is 11.9. The van der Waals surface area contributed by atoms with Crippen molar-refractivity contribution in [3.63, 3.8) is 0 Å². The van der Waals surface area contributed by atoms with E-state index in [4.69, 9.17) is 11.6 Å². The van der Waals surface area contributed by atoms with Crippen LogP contribution < -0.4 is 5.32 Å². The molecule has 0 aliphatic carbocycles. The van der Waals surface area contributed by atoms with E-state index in [1.54, 1.807) is 36.4 Å². The van der Waals surface area contributed by atoms with Crippen LogP contribution in [0, 0.1) is 0 Å². The Labute approximate surface area is 127 Å². The van der Waals surface area contributed by atoms with Gasteiger partial charge < -0.3 is 5.32 Å². The van der Waals surface area contributed by atoms with Crippen molar-refractivity contribution >= 4 is 56.2 Å². The number of halogens is 2. The molecule has 1 heterocycles. The first-order valence-electron chi connectivity index (χ1n) is 5.36. The molecule has 0 aliphatic heterocycles. The van der Waals surface area contributed by atoms with Crippen LogP contribution in [0.25, 0.3) is 0 Å². The van der Waals surface area contributed by atoms with Gasteiger partial charge in [-0.25, -0.2) is 0 Å². The lowest BCUT2D eigenvalue weighted by atomic mass is 10.1. The van der Waals surface area contributed by atoms with E-state index in [1.165, 1.54) is 11.3 Å². The fourth-order valence-corrected chi connectivity index (χ4v) is 2.74. The molecular weight excluding hydrogens is 350 g/mol. The molecule has 19 heavy (non-hydrogen) atoms. The summed E-state index contributed by atoms with van der Waals surface area (Å²) in [5, 5.41) is 2.99. The maximum atomic E-state index is 11.9. The third-order valence-electron chi connectivity index (χ3n) is 2.36. The molecule has 2 aromatic rings. The van der Waals surface area contributed by atoms with Crippen molar-refractivity contribution in [1.29, 1.82) is 0 Å². The zero-order chi connectivity index (χ0) is 13.8. The molecule has 0 fully saturated rings. The zero-order valence-corrected chi connectivity index (χ0v) is 12.8. The van der Waals surface area contributed by atoms with E-state index in [9.17, 15) is 9.59 Å². The number of rotatable bonds is 4. The van der Waals surface area contributed by atoms with Crippen molar-refractivity contribution in [2.45, 2.75) is 0 Å². The van der Waals surface area contributed by atoms with Gasteiger partial charge in [0.2, 0.25) is 0 Å². The Morgan fingerprint density at radius 3 is 2.68 bits per heavy atom. The molecule has 1 N–H and O–H groups in total. The third kappa shape index (κ3) is 3.65. The summed E-state index contributed by atoms with van der Waals surface area (Å²) in [4.78, 5) is 24.0. The highest BCUT2D eigenvalue weighted by molar-refractivity contribution is 9.09. The van der Waals surface area contributed by atoms with Crippen molar-refractivity contribution in [1.82, 2.24) is 0 Å². The second kappa shape index (κ2) is 6.32. The number of alkyl halides is 1. The molecule has 0 unspecified atom stereocenters. The van der Waals surface area contributed by atoms with Crippen LogP contribution in [-0.2, 0) is 0 Å². The van der Waals surface area contributed by atoms with Gasteiger partial charge in [-0.05, 0) is 24.3 Å². The van der Waals surface area contributed by atoms with Crippen LogP contribution in [0.2, 0.25) is 4.34 Å². The van der Waals surface area contributed by atoms with Crippen LogP contribution in [0.3, 0.4) is 0 Å². The van der Waals surface area contributed by atoms with Crippen molar-refractivity contribution in [2.24, 2.45) is 0 Å². The quantitative estimate of drug-likeness (QED) is 0.656. The second-order valence-corrected chi connectivity index (χ2v) is 5.97. The molecule has 0 aliphatic rings. The molecule has 0 atom stereocenters. The second-order valence-electron chi connectivity index (χ2n) is 3.70. The van der Waals surface area contributed by atoms with Crippen LogP contribution >= 0.6 is 38.9 Å². The van der Waals surface area contributed by atoms with Gasteiger partial charge in [-0.2, -0.15) is 0 Å². The Bertz CT molecular complexity index is 627. The molecule has 3 nitrogen and oxygen atoms in total. The summed E-state index contributed by atoms with van der Waals surface area (Å²) in [6.45, 7) is 0. The number of ketones is 1. The maximum Gasteiger partial charge on any atom is 0.265 e. The average Bonchev–Trinajstić information content (AvgIpc) is 2.85. The number of Topliss-reactive ketones (excluding diaryl/α,β-unsaturated/α-hetero) is 1. The first-order valence-corrected chi connectivity index (χ1v) is 7.67. The molecule has 0 bridgehead atoms. The number of carbonyl (C=O) groups is 2. The molecule has 2 rings (SSSR count). The predicted molar refractivity (Wildman–Crippen MR) is 81.8 cm³/mol. The van der Waals surface area contributed by atoms with E-state index < -0.39 is 0 Å². The fraction of sp³-hybridized carbons (Fsp3) is 0.0769. The van der Waals surface area contributed by atoms with E-state index in [2.05, 4.69) is 21.2 Å². The third-order valence-corrected chi connectivity index (χ3v) is 4.10. The van der Waals surface area contributed by atoms with Crippen molar-refractivity contribution < 1.29 is 9.59 Å². The molecule has 0 saturated heterocycles. The van der Waals surface area contributed by atoms with E-state index in [0.29, 0.717) is 20.5 Å². The van der Waals surface area contributed by atoms with E-state index in [-0.39, 0.29) is 17.0 Å². The molecule has 1 amide bonds. The van der Waals surface area contributed by atoms with Crippen molar-refractivity contribution in [2.75, 3.05) is 10.6 Å². The Hall–Kier alpha value is -1.17. The summed E-state index contributed by atoms with van der Waals surface area (Å²) in [5.74, 6) is -0.268. The van der Waals surface area contributed by atoms with Gasteiger partial charge in [-0.15, -0.1) is 11.3 Å². The lowest BCUT2D eigenvalue weighted by molar-refractivity contribution is 0.101. The summed E-state index contributed by atoms with van der Waals surface area (Å²) in [7, 11) is 0. The number of anilines is 1. The number of thiophene rings is 1. The van der Waals surface area contributed by atoms with E-state index >= 15 is 0 Å². The lowest BCUT2D eigenvalue weighted by Gasteiger charge is -2.05. The Morgan fingerprint density at radius 2 is 2.05 bits per heavy atom. The van der Waals surface area contributed by atoms with Crippen molar-refractivity contribution in [3.05, 3.63) is 51.2 Å². The number of carbonyl (C=O) groups excluding carboxylic acids is 2. The van der Waals surface area contributed by atoms with Crippen LogP contribution in [0.1, 0.15) is 20.0 Å². The van der Waals surface area contributed by atoms with Crippen LogP contribution in [0.15, 0.2) is 36.4 Å². The smallest absolute Gasteiger partial charge is 0.265 e. The number of hydrogen-bond acceptors (Lipinski definition) is 3. The largest absolute Gasteiger partial charge is 0.321 e. The normalized spacial score (nSPS) is 10.2. The van der Waals surface area contributed by atoms with Gasteiger partial charge in [0.25, 0.3) is 5.91 Å². The molecule has 0 spiro atoms. The van der Waals surface area contributed by atoms with E-state index in [1.807, 2.05) is 0 Å². The SMILES string of the molecule is O=C(CBr)c1cccc(NC(=O)c2ccc(Cl)s2)c1. The first kappa shape index (κ1) is 14.2. The zero-order valence-electron chi connectivity index (χ0n) is 9.65. The van der Waals surface area contributed by atoms with Gasteiger partial charge in [0.15, 0.2) is 5.78 Å². The minimum atomic E-state index is -0.236. The van der Waals surface area contributed by atoms with Crippen molar-refractivity contribution in [3.8, 4) is 0 Å². The summed E-state index contributed by atoms with van der Waals surface area (Å²) in [5.41, 5.74) is 1.14. The van der Waals surface area contributed by atoms with Gasteiger partial charge in [-0.1, -0.05) is 39.7 Å². The van der Waals surface area contributed by atoms with Crippen LogP contribution in [0.4, 0.5) is 5.69 Å². The average molecular weight is 359 g/mol. The summed E-state index contributed by atoms with van der Waals surface area (Å²) >= 11 is 10.1. The van der Waals surface area contributed by atoms with Crippen LogP contribution in [0.5, 0.6) is 0 Å². The van der Waals surface area contributed by atoms with E-state index in [0.717, 1.165) is 0 Å². The number of hydrogen-bond donors (Lipinski definition) is 1. The molecular formula is C13H9BrClNO2S. The fourth-order valence-electron chi connectivity index (χ4n) is 1.48. The standard InChI is InChI=1S/C13H9BrClNO2S/c14-7-10(17)8-2-1-3-9(6-8)16-13(18)11-4-5-12(15)19-11/h1-6H,7H2,(H,16,18). The Kier molecular flexibility index (Phi) is 4.74. The Morgan fingerprint density at radius 1 is 1.26 bits per heavy atom. The van der Waals surface area contributed by atoms with Crippen LogP contribution in [-0.4, -0.2) is 17.0 Å². The topological polar surface area (TPSA) is 46.2 Å². The highest BCUT2D eigenvalue weighted by Gasteiger charge is 2.10. The molecule has 0 saturated carbocycles. The molecule has 6 heteroatoms.